The fourth-order valence-electron chi connectivity index (χ4n) is 2.57. The first-order valence-electron chi connectivity index (χ1n) is 7.27. The summed E-state index contributed by atoms with van der Waals surface area (Å²) in [6.45, 7) is 1.29. The first-order chi connectivity index (χ1) is 10.2. The first-order valence-corrected chi connectivity index (χ1v) is 7.27. The molecule has 1 N–H and O–H groups in total. The molecule has 21 heavy (non-hydrogen) atoms. The van der Waals surface area contributed by atoms with Crippen LogP contribution in [0.3, 0.4) is 0 Å². The van der Waals surface area contributed by atoms with Gasteiger partial charge in [-0.05, 0) is 30.5 Å². The van der Waals surface area contributed by atoms with Crippen molar-refractivity contribution in [2.24, 2.45) is 0 Å². The summed E-state index contributed by atoms with van der Waals surface area (Å²) in [5.74, 6) is 0.106. The molecule has 0 radical (unpaired) electrons. The van der Waals surface area contributed by atoms with Crippen LogP contribution in [0.15, 0.2) is 42.7 Å². The lowest BCUT2D eigenvalue weighted by Crippen LogP contribution is -2.40. The Kier molecular flexibility index (Phi) is 4.01. The molecule has 2 aromatic rings. The van der Waals surface area contributed by atoms with Crippen molar-refractivity contribution in [2.75, 3.05) is 13.1 Å². The molecule has 1 fully saturated rings. The fourth-order valence-corrected chi connectivity index (χ4v) is 2.57. The van der Waals surface area contributed by atoms with Gasteiger partial charge in [-0.2, -0.15) is 5.10 Å². The number of aliphatic hydroxyl groups excluding tert-OH is 1. The quantitative estimate of drug-likeness (QED) is 0.927. The third-order valence-electron chi connectivity index (χ3n) is 3.83. The van der Waals surface area contributed by atoms with Crippen LogP contribution in [0.5, 0.6) is 0 Å². The van der Waals surface area contributed by atoms with Crippen LogP contribution < -0.4 is 0 Å². The first kappa shape index (κ1) is 13.8. The van der Waals surface area contributed by atoms with Gasteiger partial charge in [0.1, 0.15) is 0 Å². The van der Waals surface area contributed by atoms with Crippen molar-refractivity contribution in [1.82, 2.24) is 14.7 Å². The molecule has 0 atom stereocenters. The lowest BCUT2D eigenvalue weighted by molar-refractivity contribution is -0.132. The van der Waals surface area contributed by atoms with E-state index in [1.807, 2.05) is 41.4 Å². The zero-order valence-electron chi connectivity index (χ0n) is 11.9. The monoisotopic (exact) mass is 285 g/mol. The van der Waals surface area contributed by atoms with Gasteiger partial charge in [0.25, 0.3) is 0 Å². The molecule has 1 aliphatic rings. The highest BCUT2D eigenvalue weighted by Crippen LogP contribution is 2.13. The number of rotatable bonds is 3. The minimum atomic E-state index is -0.255. The normalized spacial score (nSPS) is 16.1. The molecule has 3 rings (SSSR count). The summed E-state index contributed by atoms with van der Waals surface area (Å²) in [5.41, 5.74) is 1.90. The minimum absolute atomic E-state index is 0.106. The summed E-state index contributed by atoms with van der Waals surface area (Å²) in [7, 11) is 0. The number of aromatic nitrogens is 2. The van der Waals surface area contributed by atoms with Gasteiger partial charge in [-0.3, -0.25) is 4.79 Å². The minimum Gasteiger partial charge on any atom is -0.393 e. The summed E-state index contributed by atoms with van der Waals surface area (Å²) in [6.07, 6.45) is 5.10. The third-order valence-corrected chi connectivity index (χ3v) is 3.83. The van der Waals surface area contributed by atoms with E-state index >= 15 is 0 Å². The molecule has 0 spiro atoms. The van der Waals surface area contributed by atoms with Gasteiger partial charge in [0.2, 0.25) is 5.91 Å². The van der Waals surface area contributed by atoms with Crippen LogP contribution in [0, 0.1) is 0 Å². The van der Waals surface area contributed by atoms with Crippen LogP contribution in [-0.4, -0.2) is 44.9 Å². The Balaban J connectivity index is 1.63. The smallest absolute Gasteiger partial charge is 0.227 e. The number of nitrogens with zero attached hydrogens (tertiary/aromatic N) is 3. The fraction of sp³-hybridized carbons (Fsp3) is 0.375. The SMILES string of the molecule is O=C(Cc1cnn(-c2ccccc2)c1)N1CCC(O)CC1. The van der Waals surface area contributed by atoms with E-state index in [2.05, 4.69) is 5.10 Å². The van der Waals surface area contributed by atoms with Crippen molar-refractivity contribution in [3.05, 3.63) is 48.3 Å². The number of likely N-dealkylation sites (tertiary alicyclic amines) is 1. The number of hydrogen-bond donors (Lipinski definition) is 1. The summed E-state index contributed by atoms with van der Waals surface area (Å²) < 4.78 is 1.78. The van der Waals surface area contributed by atoms with Gasteiger partial charge in [0, 0.05) is 19.3 Å². The highest BCUT2D eigenvalue weighted by Gasteiger charge is 2.21. The van der Waals surface area contributed by atoms with Crippen LogP contribution in [0.4, 0.5) is 0 Å². The summed E-state index contributed by atoms with van der Waals surface area (Å²) in [6, 6.07) is 9.83. The predicted octanol–water partition coefficient (Wildman–Crippen LogP) is 1.40. The number of aliphatic hydroxyl groups is 1. The van der Waals surface area contributed by atoms with E-state index in [1.54, 1.807) is 10.9 Å². The number of carbonyl (C=O) groups excluding carboxylic acids is 1. The molecule has 0 unspecified atom stereocenters. The molecule has 5 nitrogen and oxygen atoms in total. The van der Waals surface area contributed by atoms with E-state index in [0.29, 0.717) is 32.4 Å². The number of para-hydroxylation sites is 1. The Bertz CT molecular complexity index is 601. The zero-order valence-corrected chi connectivity index (χ0v) is 11.9. The van der Waals surface area contributed by atoms with Crippen molar-refractivity contribution < 1.29 is 9.90 Å². The Morgan fingerprint density at radius 1 is 1.24 bits per heavy atom. The zero-order chi connectivity index (χ0) is 14.7. The van der Waals surface area contributed by atoms with E-state index in [9.17, 15) is 9.90 Å². The molecule has 0 saturated carbocycles. The summed E-state index contributed by atoms with van der Waals surface area (Å²) >= 11 is 0. The van der Waals surface area contributed by atoms with Crippen LogP contribution >= 0.6 is 0 Å². The third kappa shape index (κ3) is 3.31. The second-order valence-corrected chi connectivity index (χ2v) is 5.42. The van der Waals surface area contributed by atoms with E-state index < -0.39 is 0 Å². The second-order valence-electron chi connectivity index (χ2n) is 5.42. The molecule has 5 heteroatoms. The Labute approximate surface area is 123 Å². The lowest BCUT2D eigenvalue weighted by atomic mass is 10.1. The van der Waals surface area contributed by atoms with E-state index in [0.717, 1.165) is 11.3 Å². The standard InChI is InChI=1S/C16H19N3O2/c20-15-6-8-18(9-7-15)16(21)10-13-11-17-19(12-13)14-4-2-1-3-5-14/h1-5,11-12,15,20H,6-10H2. The molecular weight excluding hydrogens is 266 g/mol. The molecule has 1 aromatic carbocycles. The lowest BCUT2D eigenvalue weighted by Gasteiger charge is -2.29. The number of piperidine rings is 1. The molecule has 2 heterocycles. The maximum absolute atomic E-state index is 12.2. The molecule has 110 valence electrons. The predicted molar refractivity (Wildman–Crippen MR) is 79.1 cm³/mol. The average molecular weight is 285 g/mol. The van der Waals surface area contributed by atoms with Gasteiger partial charge in [-0.1, -0.05) is 18.2 Å². The van der Waals surface area contributed by atoms with Crippen molar-refractivity contribution >= 4 is 5.91 Å². The number of hydrogen-bond acceptors (Lipinski definition) is 3. The topological polar surface area (TPSA) is 58.4 Å². The van der Waals surface area contributed by atoms with Gasteiger partial charge >= 0.3 is 0 Å². The molecule has 1 saturated heterocycles. The molecule has 0 bridgehead atoms. The van der Waals surface area contributed by atoms with E-state index in [4.69, 9.17) is 0 Å². The summed E-state index contributed by atoms with van der Waals surface area (Å²) in [5, 5.41) is 13.8. The van der Waals surface area contributed by atoms with Gasteiger partial charge in [0.05, 0.1) is 24.4 Å². The molecule has 1 aliphatic heterocycles. The maximum Gasteiger partial charge on any atom is 0.227 e. The van der Waals surface area contributed by atoms with Gasteiger partial charge in [0.15, 0.2) is 0 Å². The van der Waals surface area contributed by atoms with E-state index in [1.165, 1.54) is 0 Å². The number of amides is 1. The molecule has 1 aromatic heterocycles. The van der Waals surface area contributed by atoms with E-state index in [-0.39, 0.29) is 12.0 Å². The van der Waals surface area contributed by atoms with Gasteiger partial charge < -0.3 is 10.0 Å². The second kappa shape index (κ2) is 6.10. The van der Waals surface area contributed by atoms with Crippen LogP contribution in [-0.2, 0) is 11.2 Å². The largest absolute Gasteiger partial charge is 0.393 e. The average Bonchev–Trinajstić information content (AvgIpc) is 2.97. The van der Waals surface area contributed by atoms with Gasteiger partial charge in [-0.25, -0.2) is 4.68 Å². The van der Waals surface area contributed by atoms with Crippen LogP contribution in [0.2, 0.25) is 0 Å². The Hall–Kier alpha value is -2.14. The molecule has 1 amide bonds. The van der Waals surface area contributed by atoms with Crippen molar-refractivity contribution in [2.45, 2.75) is 25.4 Å². The number of benzene rings is 1. The summed E-state index contributed by atoms with van der Waals surface area (Å²) in [4.78, 5) is 14.1. The number of carbonyl (C=O) groups is 1. The molecular formula is C16H19N3O2. The Morgan fingerprint density at radius 3 is 2.67 bits per heavy atom. The molecule has 0 aliphatic carbocycles. The van der Waals surface area contributed by atoms with Crippen LogP contribution in [0.1, 0.15) is 18.4 Å². The Morgan fingerprint density at radius 2 is 1.95 bits per heavy atom. The highest BCUT2D eigenvalue weighted by molar-refractivity contribution is 5.78. The van der Waals surface area contributed by atoms with Crippen molar-refractivity contribution in [1.29, 1.82) is 0 Å². The maximum atomic E-state index is 12.2. The van der Waals surface area contributed by atoms with Crippen molar-refractivity contribution in [3.8, 4) is 5.69 Å². The van der Waals surface area contributed by atoms with Crippen LogP contribution in [0.25, 0.3) is 5.69 Å². The van der Waals surface area contributed by atoms with Crippen molar-refractivity contribution in [3.63, 3.8) is 0 Å². The van der Waals surface area contributed by atoms with Gasteiger partial charge in [-0.15, -0.1) is 0 Å². The highest BCUT2D eigenvalue weighted by atomic mass is 16.3.